The van der Waals surface area contributed by atoms with Gasteiger partial charge in [-0.25, -0.2) is 0 Å². The van der Waals surface area contributed by atoms with Crippen LogP contribution < -0.4 is 10.6 Å². The van der Waals surface area contributed by atoms with E-state index >= 15 is 0 Å². The van der Waals surface area contributed by atoms with Crippen LogP contribution in [0.25, 0.3) is 0 Å². The largest absolute Gasteiger partial charge is 0.481 e. The fourth-order valence-corrected chi connectivity index (χ4v) is 2.83. The lowest BCUT2D eigenvalue weighted by molar-refractivity contribution is -0.145. The van der Waals surface area contributed by atoms with Crippen LogP contribution in [0.3, 0.4) is 0 Å². The zero-order chi connectivity index (χ0) is 19.4. The second kappa shape index (κ2) is 7.61. The van der Waals surface area contributed by atoms with Crippen molar-refractivity contribution in [3.05, 3.63) is 65.7 Å². The van der Waals surface area contributed by atoms with Crippen molar-refractivity contribution in [2.75, 3.05) is 5.32 Å². The number of carboxylic acid groups (broad SMARTS) is 1. The molecule has 0 bridgehead atoms. The molecule has 2 amide bonds. The van der Waals surface area contributed by atoms with Crippen molar-refractivity contribution in [3.63, 3.8) is 0 Å². The van der Waals surface area contributed by atoms with Gasteiger partial charge in [0.15, 0.2) is 0 Å². The molecule has 2 aromatic carbocycles. The minimum atomic E-state index is -1.32. The van der Waals surface area contributed by atoms with E-state index in [1.165, 1.54) is 6.92 Å². The van der Waals surface area contributed by atoms with E-state index in [4.69, 9.17) is 0 Å². The predicted molar refractivity (Wildman–Crippen MR) is 102 cm³/mol. The minimum Gasteiger partial charge on any atom is -0.481 e. The number of anilines is 1. The Balaban J connectivity index is 1.65. The van der Waals surface area contributed by atoms with Crippen LogP contribution in [-0.2, 0) is 15.0 Å². The van der Waals surface area contributed by atoms with Gasteiger partial charge in [-0.05, 0) is 49.6 Å². The lowest BCUT2D eigenvalue weighted by Crippen LogP contribution is -2.36. The smallest absolute Gasteiger partial charge is 0.314 e. The van der Waals surface area contributed by atoms with Crippen LogP contribution >= 0.6 is 0 Å². The van der Waals surface area contributed by atoms with Crippen LogP contribution in [0, 0.1) is 0 Å². The molecule has 3 rings (SSSR count). The van der Waals surface area contributed by atoms with Gasteiger partial charge in [0.1, 0.15) is 0 Å². The van der Waals surface area contributed by atoms with Gasteiger partial charge in [0, 0.05) is 23.7 Å². The molecule has 2 aromatic rings. The first-order chi connectivity index (χ1) is 12.9. The molecule has 1 unspecified atom stereocenters. The van der Waals surface area contributed by atoms with Gasteiger partial charge in [0.05, 0.1) is 5.41 Å². The third-order valence-electron chi connectivity index (χ3n) is 4.74. The topological polar surface area (TPSA) is 95.5 Å². The van der Waals surface area contributed by atoms with Crippen molar-refractivity contribution in [3.8, 4) is 0 Å². The number of hydrogen-bond acceptors (Lipinski definition) is 3. The Kier molecular flexibility index (Phi) is 5.26. The highest BCUT2D eigenvalue weighted by molar-refractivity contribution is 5.98. The number of amides is 2. The second-order valence-electron chi connectivity index (χ2n) is 7.05. The van der Waals surface area contributed by atoms with Gasteiger partial charge in [0.25, 0.3) is 5.91 Å². The first-order valence-electron chi connectivity index (χ1n) is 8.88. The summed E-state index contributed by atoms with van der Waals surface area (Å²) in [6, 6.07) is 15.5. The number of nitrogens with one attached hydrogen (secondary N) is 2. The molecule has 6 heteroatoms. The summed E-state index contributed by atoms with van der Waals surface area (Å²) >= 11 is 0. The fourth-order valence-electron chi connectivity index (χ4n) is 2.83. The molecule has 27 heavy (non-hydrogen) atoms. The van der Waals surface area contributed by atoms with E-state index in [2.05, 4.69) is 10.6 Å². The summed E-state index contributed by atoms with van der Waals surface area (Å²) in [5.74, 6) is -1.59. The zero-order valence-electron chi connectivity index (χ0n) is 15.1. The summed E-state index contributed by atoms with van der Waals surface area (Å²) in [6.45, 7) is 1.54. The number of carboxylic acids is 1. The highest BCUT2D eigenvalue weighted by Gasteiger charge is 2.37. The van der Waals surface area contributed by atoms with Crippen molar-refractivity contribution in [2.24, 2.45) is 0 Å². The predicted octanol–water partition coefficient (Wildman–Crippen LogP) is 2.95. The van der Waals surface area contributed by atoms with Gasteiger partial charge >= 0.3 is 5.97 Å². The molecule has 1 fully saturated rings. The van der Waals surface area contributed by atoms with Gasteiger partial charge < -0.3 is 15.7 Å². The van der Waals surface area contributed by atoms with Crippen molar-refractivity contribution >= 4 is 23.5 Å². The normalized spacial score (nSPS) is 15.4. The fraction of sp³-hybridized carbons (Fsp3) is 0.286. The van der Waals surface area contributed by atoms with Gasteiger partial charge in [-0.3, -0.25) is 14.4 Å². The number of carbonyl (C=O) groups excluding carboxylic acids is 2. The molecule has 1 aliphatic rings. The summed E-state index contributed by atoms with van der Waals surface area (Å²) < 4.78 is 0. The Bertz CT molecular complexity index is 844. The van der Waals surface area contributed by atoms with Gasteiger partial charge in [-0.15, -0.1) is 0 Å². The molecule has 0 heterocycles. The molecule has 0 spiro atoms. The Morgan fingerprint density at radius 1 is 1.04 bits per heavy atom. The summed E-state index contributed by atoms with van der Waals surface area (Å²) in [4.78, 5) is 36.2. The third kappa shape index (κ3) is 4.53. The van der Waals surface area contributed by atoms with Gasteiger partial charge in [-0.1, -0.05) is 30.3 Å². The highest BCUT2D eigenvalue weighted by atomic mass is 16.4. The lowest BCUT2D eigenvalue weighted by atomic mass is 9.79. The van der Waals surface area contributed by atoms with Crippen molar-refractivity contribution in [1.82, 2.24) is 5.32 Å². The van der Waals surface area contributed by atoms with E-state index in [1.807, 2.05) is 0 Å². The van der Waals surface area contributed by atoms with Crippen LogP contribution in [0.2, 0.25) is 0 Å². The van der Waals surface area contributed by atoms with Crippen LogP contribution in [0.15, 0.2) is 54.6 Å². The number of aliphatic carboxylic acids is 1. The number of benzene rings is 2. The summed E-state index contributed by atoms with van der Waals surface area (Å²) in [6.07, 6.45) is 1.84. The average Bonchev–Trinajstić information content (AvgIpc) is 3.46. The van der Waals surface area contributed by atoms with E-state index in [0.717, 1.165) is 12.8 Å². The Hall–Kier alpha value is -3.15. The SMILES string of the molecule is CC(CC(=O)Nc1ccc(C(=O)NC2CC2)cc1)(C(=O)O)c1ccccc1. The molecule has 0 saturated heterocycles. The molecule has 3 N–H and O–H groups in total. The first kappa shape index (κ1) is 18.6. The van der Waals surface area contributed by atoms with Gasteiger partial charge in [-0.2, -0.15) is 0 Å². The van der Waals surface area contributed by atoms with Crippen molar-refractivity contribution in [1.29, 1.82) is 0 Å². The molecule has 140 valence electrons. The molecule has 1 saturated carbocycles. The van der Waals surface area contributed by atoms with E-state index < -0.39 is 17.3 Å². The van der Waals surface area contributed by atoms with E-state index in [9.17, 15) is 19.5 Å². The maximum atomic E-state index is 12.4. The molecule has 0 radical (unpaired) electrons. The Morgan fingerprint density at radius 2 is 1.67 bits per heavy atom. The maximum absolute atomic E-state index is 12.4. The van der Waals surface area contributed by atoms with Crippen molar-refractivity contribution in [2.45, 2.75) is 37.6 Å². The minimum absolute atomic E-state index is 0.127. The molecule has 0 aromatic heterocycles. The molecule has 6 nitrogen and oxygen atoms in total. The van der Waals surface area contributed by atoms with Crippen LogP contribution in [0.5, 0.6) is 0 Å². The molecular weight excluding hydrogens is 344 g/mol. The highest BCUT2D eigenvalue weighted by Crippen LogP contribution is 2.28. The standard InChI is InChI=1S/C21H22N2O4/c1-21(20(26)27,15-5-3-2-4-6-15)13-18(24)22-16-9-7-14(8-10-16)19(25)23-17-11-12-17/h2-10,17H,11-13H2,1H3,(H,22,24)(H,23,25)(H,26,27). The molecule has 0 aliphatic heterocycles. The Labute approximate surface area is 157 Å². The summed E-state index contributed by atoms with van der Waals surface area (Å²) in [5.41, 5.74) is 0.290. The van der Waals surface area contributed by atoms with Crippen LogP contribution in [-0.4, -0.2) is 28.9 Å². The lowest BCUT2D eigenvalue weighted by Gasteiger charge is -2.24. The van der Waals surface area contributed by atoms with E-state index in [0.29, 0.717) is 16.8 Å². The average molecular weight is 366 g/mol. The quantitative estimate of drug-likeness (QED) is 0.702. The molecule has 1 aliphatic carbocycles. The Morgan fingerprint density at radius 3 is 2.22 bits per heavy atom. The molecule has 1 atom stereocenters. The number of rotatable bonds is 7. The number of carbonyl (C=O) groups is 3. The monoisotopic (exact) mass is 366 g/mol. The summed E-state index contributed by atoms with van der Waals surface area (Å²) in [7, 11) is 0. The van der Waals surface area contributed by atoms with Gasteiger partial charge in [0.2, 0.25) is 5.91 Å². The molecular formula is C21H22N2O4. The zero-order valence-corrected chi connectivity index (χ0v) is 15.1. The van der Waals surface area contributed by atoms with Crippen molar-refractivity contribution < 1.29 is 19.5 Å². The maximum Gasteiger partial charge on any atom is 0.314 e. The van der Waals surface area contributed by atoms with Crippen LogP contribution in [0.4, 0.5) is 5.69 Å². The number of hydrogen-bond donors (Lipinski definition) is 3. The third-order valence-corrected chi connectivity index (χ3v) is 4.74. The summed E-state index contributed by atoms with van der Waals surface area (Å²) in [5, 5.41) is 15.3. The second-order valence-corrected chi connectivity index (χ2v) is 7.05. The van der Waals surface area contributed by atoms with E-state index in [-0.39, 0.29) is 18.4 Å². The first-order valence-corrected chi connectivity index (χ1v) is 8.88. The van der Waals surface area contributed by atoms with Crippen LogP contribution in [0.1, 0.15) is 42.1 Å². The van der Waals surface area contributed by atoms with E-state index in [1.54, 1.807) is 54.6 Å².